The number of ether oxygens (including phenoxy) is 3. The van der Waals surface area contributed by atoms with Gasteiger partial charge in [-0.15, -0.1) is 22.9 Å². The van der Waals surface area contributed by atoms with E-state index in [-0.39, 0.29) is 87.5 Å². The van der Waals surface area contributed by atoms with Gasteiger partial charge in [0.05, 0.1) is 16.9 Å². The number of hydrogen-bond donors (Lipinski definition) is 6. The molecule has 470 valence electrons. The second kappa shape index (κ2) is 30.4. The highest BCUT2D eigenvalue weighted by molar-refractivity contribution is 7.17. The molecule has 88 heavy (non-hydrogen) atoms. The molecular formula is C63H78ClN11O12S. The predicted molar refractivity (Wildman–Crippen MR) is 337 cm³/mol. The predicted octanol–water partition coefficient (Wildman–Crippen LogP) is 7.75. The van der Waals surface area contributed by atoms with Gasteiger partial charge in [-0.3, -0.25) is 38.6 Å². The molecule has 0 radical (unpaired) electrons. The summed E-state index contributed by atoms with van der Waals surface area (Å²) in [5, 5.41) is 14.3. The fraction of sp³-hybridized carbons (Fsp3) is 0.444. The number of likely N-dealkylation sites (tertiary alicyclic amines) is 1. The molecule has 1 saturated heterocycles. The normalized spacial score (nSPS) is 15.2. The third kappa shape index (κ3) is 17.8. The first-order valence-corrected chi connectivity index (χ1v) is 31.0. The summed E-state index contributed by atoms with van der Waals surface area (Å²) in [4.78, 5) is 126. The van der Waals surface area contributed by atoms with Gasteiger partial charge in [0.15, 0.2) is 5.75 Å². The third-order valence-corrected chi connectivity index (χ3v) is 16.9. The van der Waals surface area contributed by atoms with Crippen LogP contribution in [-0.4, -0.2) is 170 Å². The number of rotatable bonds is 29. The van der Waals surface area contributed by atoms with Crippen molar-refractivity contribution in [2.75, 3.05) is 95.7 Å². The van der Waals surface area contributed by atoms with Gasteiger partial charge in [-0.2, -0.15) is 0 Å². The molecule has 0 unspecified atom stereocenters. The highest BCUT2D eigenvalue weighted by Crippen LogP contribution is 2.49. The lowest BCUT2D eigenvalue weighted by Crippen LogP contribution is -2.47. The van der Waals surface area contributed by atoms with E-state index in [9.17, 15) is 43.2 Å². The molecule has 2 aromatic heterocycles. The number of alkyl halides is 1. The molecule has 3 aliphatic rings. The number of H-pyrrole nitrogens is 1. The second-order valence-corrected chi connectivity index (χ2v) is 24.4. The maximum Gasteiger partial charge on any atom is 0.415 e. The van der Waals surface area contributed by atoms with Gasteiger partial charge in [-0.1, -0.05) is 32.4 Å². The minimum atomic E-state index is -1.05. The second-order valence-electron chi connectivity index (χ2n) is 23.2. The van der Waals surface area contributed by atoms with Gasteiger partial charge in [-0.25, -0.2) is 14.4 Å². The molecule has 3 aliphatic heterocycles. The van der Waals surface area contributed by atoms with E-state index in [1.54, 1.807) is 55.4 Å². The minimum Gasteiger partial charge on any atom is -0.492 e. The van der Waals surface area contributed by atoms with E-state index in [2.05, 4.69) is 31.2 Å². The number of thiophene rings is 1. The van der Waals surface area contributed by atoms with Gasteiger partial charge >= 0.3 is 18.2 Å². The molecule has 2 atom stereocenters. The lowest BCUT2D eigenvalue weighted by atomic mass is 9.92. The van der Waals surface area contributed by atoms with Crippen molar-refractivity contribution in [1.29, 1.82) is 0 Å². The number of hydrogen-bond acceptors (Lipinski definition) is 14. The molecule has 0 aliphatic carbocycles. The van der Waals surface area contributed by atoms with Crippen molar-refractivity contribution in [2.24, 2.45) is 11.1 Å². The van der Waals surface area contributed by atoms with Crippen LogP contribution in [-0.2, 0) is 40.1 Å². The Bertz CT molecular complexity index is 3430. The number of nitrogens with two attached hydrogens (primary N) is 1. The van der Waals surface area contributed by atoms with Crippen LogP contribution in [0.5, 0.6) is 11.5 Å². The molecule has 0 bridgehead atoms. The van der Waals surface area contributed by atoms with Gasteiger partial charge in [0, 0.05) is 129 Å². The Balaban J connectivity index is 0.797. The first-order valence-electron chi connectivity index (χ1n) is 29.6. The van der Waals surface area contributed by atoms with Crippen molar-refractivity contribution < 1.29 is 57.4 Å². The largest absolute Gasteiger partial charge is 0.492 e. The van der Waals surface area contributed by atoms with Gasteiger partial charge < -0.3 is 60.9 Å². The number of aryl methyl sites for hydroxylation is 1. The number of nitrogens with one attached hydrogen (secondary N) is 5. The van der Waals surface area contributed by atoms with Crippen LogP contribution in [0.2, 0.25) is 0 Å². The highest BCUT2D eigenvalue weighted by Gasteiger charge is 2.36. The molecule has 0 saturated carbocycles. The highest BCUT2D eigenvalue weighted by atomic mass is 35.5. The fourth-order valence-corrected chi connectivity index (χ4v) is 12.4. The molecule has 7 N–H and O–H groups in total. The number of anilines is 2. The molecule has 5 heterocycles. The van der Waals surface area contributed by atoms with Gasteiger partial charge in [0.2, 0.25) is 17.7 Å². The lowest BCUT2D eigenvalue weighted by Gasteiger charge is -2.33. The number of carbonyl (C=O) groups is 9. The number of aromatic amines is 1. The number of amides is 10. The zero-order valence-electron chi connectivity index (χ0n) is 50.4. The van der Waals surface area contributed by atoms with Gasteiger partial charge in [0.1, 0.15) is 25.0 Å². The fourth-order valence-electron chi connectivity index (χ4n) is 11.2. The van der Waals surface area contributed by atoms with Crippen molar-refractivity contribution >= 4 is 115 Å². The molecule has 3 aromatic carbocycles. The number of nitrogens with zero attached hydrogens (tertiary/aromatic N) is 5. The average molecular weight is 1250 g/mol. The van der Waals surface area contributed by atoms with Crippen LogP contribution in [0.4, 0.5) is 25.8 Å². The summed E-state index contributed by atoms with van der Waals surface area (Å²) in [5.74, 6) is -1.29. The zero-order chi connectivity index (χ0) is 63.1. The van der Waals surface area contributed by atoms with E-state index in [1.807, 2.05) is 50.4 Å². The van der Waals surface area contributed by atoms with Crippen molar-refractivity contribution in [3.8, 4) is 11.5 Å². The smallest absolute Gasteiger partial charge is 0.415 e. The van der Waals surface area contributed by atoms with Crippen LogP contribution in [0.1, 0.15) is 93.5 Å². The number of halogens is 1. The molecule has 23 nitrogen and oxygen atoms in total. The average Bonchev–Trinajstić information content (AvgIpc) is 1.60. The number of primary amides is 1. The summed E-state index contributed by atoms with van der Waals surface area (Å²) in [6.45, 7) is 10.2. The molecule has 1 fully saturated rings. The van der Waals surface area contributed by atoms with E-state index in [4.69, 9.17) is 31.5 Å². The van der Waals surface area contributed by atoms with Crippen LogP contribution < -0.4 is 41.4 Å². The van der Waals surface area contributed by atoms with Crippen molar-refractivity contribution in [3.05, 3.63) is 101 Å². The first-order chi connectivity index (χ1) is 42.1. The quantitative estimate of drug-likeness (QED) is 0.0116. The monoisotopic (exact) mass is 1250 g/mol. The van der Waals surface area contributed by atoms with E-state index >= 15 is 0 Å². The number of imide groups is 1. The van der Waals surface area contributed by atoms with Crippen LogP contribution in [0.25, 0.3) is 27.1 Å². The Kier molecular flexibility index (Phi) is 22.6. The van der Waals surface area contributed by atoms with Crippen LogP contribution in [0.15, 0.2) is 78.2 Å². The van der Waals surface area contributed by atoms with Crippen molar-refractivity contribution in [3.63, 3.8) is 0 Å². The van der Waals surface area contributed by atoms with E-state index in [1.165, 1.54) is 52.2 Å². The van der Waals surface area contributed by atoms with Crippen LogP contribution in [0, 0.1) is 12.3 Å². The summed E-state index contributed by atoms with van der Waals surface area (Å²) >= 11 is 8.05. The maximum atomic E-state index is 14.1. The zero-order valence-corrected chi connectivity index (χ0v) is 52.0. The lowest BCUT2D eigenvalue weighted by molar-refractivity contribution is -0.137. The summed E-state index contributed by atoms with van der Waals surface area (Å²) in [5.41, 5.74) is 9.77. The standard InChI is InChI=1S/C63H78ClN11O12S/c1-40-37-88-58-50(32-49-57(56(40)58)43(33-64)35-75(49)55(80)21-18-45-30-42-31-46(19-20-47(42)68-45)85-29-28-73-25-9-10-26-73)87-62(84)72(5)39-63(2,3)38-71(4)61(83)86-36-41-14-16-44(17-15-41)69-59(81)48(12-11-24-66-60(65)82)70-52(77)34-67-51(76)13-7-6-8-27-74-53(78)22-23-54(74)79/h14-23,30-32,37,43,48,68H,6-13,24-29,33-36,38-39H2,1-5H3,(H,67,76)(H,69,81)(H,70,77)(H3,65,66,82)/b21-18+/t43-,48-/m0/s1. The minimum absolute atomic E-state index is 0.0950. The topological polar surface area (TPSA) is 287 Å². The Hall–Kier alpha value is -8.48. The van der Waals surface area contributed by atoms with Crippen LogP contribution in [0.3, 0.4) is 0 Å². The van der Waals surface area contributed by atoms with E-state index in [0.717, 1.165) is 68.1 Å². The number of fused-ring (bicyclic) bond motifs is 4. The third-order valence-electron chi connectivity index (χ3n) is 15.4. The SMILES string of the molecule is Cc1csc2c(OC(=O)N(C)CC(C)(C)CN(C)C(=O)OCc3ccc(NC(=O)[C@H](CCCNC(N)=O)NC(=O)CNC(=O)CCCCCN4C(=O)C=CC4=O)cc3)cc3c(c12)[C@@H](CCl)CN3C(=O)/C=C/c1cc2cc(OCCN3CCCC3)ccc2[nH]1. The van der Waals surface area contributed by atoms with E-state index in [0.29, 0.717) is 55.1 Å². The maximum absolute atomic E-state index is 14.1. The van der Waals surface area contributed by atoms with Crippen molar-refractivity contribution in [2.45, 2.75) is 90.7 Å². The molecule has 5 aromatic rings. The van der Waals surface area contributed by atoms with Crippen molar-refractivity contribution in [1.82, 2.24) is 40.5 Å². The van der Waals surface area contributed by atoms with E-state index < -0.39 is 48.0 Å². The van der Waals surface area contributed by atoms with Gasteiger partial charge in [0.25, 0.3) is 17.7 Å². The number of unbranched alkanes of at least 4 members (excludes halogenated alkanes) is 2. The summed E-state index contributed by atoms with van der Waals surface area (Å²) in [6.07, 6.45) is 9.07. The molecule has 10 amide bonds. The number of benzene rings is 3. The first kappa shape index (κ1) is 65.5. The summed E-state index contributed by atoms with van der Waals surface area (Å²) < 4.78 is 18.6. The summed E-state index contributed by atoms with van der Waals surface area (Å²) in [6, 6.07) is 14.4. The number of carbonyl (C=O) groups excluding carboxylic acids is 9. The molecule has 0 spiro atoms. The van der Waals surface area contributed by atoms with Crippen LogP contribution >= 0.6 is 22.9 Å². The number of aromatic nitrogens is 1. The molecule has 8 rings (SSSR count). The summed E-state index contributed by atoms with van der Waals surface area (Å²) in [7, 11) is 3.22. The Morgan fingerprint density at radius 1 is 0.886 bits per heavy atom. The molecule has 25 heteroatoms. The Labute approximate surface area is 520 Å². The Morgan fingerprint density at radius 2 is 1.61 bits per heavy atom. The molecular weight excluding hydrogens is 1170 g/mol. The van der Waals surface area contributed by atoms with Gasteiger partial charge in [-0.05, 0) is 123 Å². The number of urea groups is 1. The Morgan fingerprint density at radius 3 is 2.33 bits per heavy atom.